The number of nitriles is 1. The van der Waals surface area contributed by atoms with Gasteiger partial charge in [0.1, 0.15) is 22.5 Å². The minimum absolute atomic E-state index is 0.0405. The molecule has 1 fully saturated rings. The molecule has 34 heavy (non-hydrogen) atoms. The van der Waals surface area contributed by atoms with Gasteiger partial charge in [-0.2, -0.15) is 10.4 Å². The third kappa shape index (κ3) is 4.29. The second kappa shape index (κ2) is 8.61. The average molecular weight is 475 g/mol. The molecule has 0 radical (unpaired) electrons. The number of nitrogens with one attached hydrogen (secondary N) is 1. The SMILES string of the molecule is CC(C)(C)OC(=O)N1CCC[C@H](Nc2ncc(C#N)c3sc(-n4ncc5ccccc54)cc23)C1. The van der Waals surface area contributed by atoms with Crippen LogP contribution in [0.2, 0.25) is 0 Å². The van der Waals surface area contributed by atoms with Crippen molar-refractivity contribution in [2.24, 2.45) is 0 Å². The van der Waals surface area contributed by atoms with Gasteiger partial charge < -0.3 is 15.0 Å². The Morgan fingerprint density at radius 1 is 1.29 bits per heavy atom. The Balaban J connectivity index is 1.45. The van der Waals surface area contributed by atoms with E-state index in [0.29, 0.717) is 24.5 Å². The highest BCUT2D eigenvalue weighted by Crippen LogP contribution is 2.36. The molecule has 3 aromatic heterocycles. The van der Waals surface area contributed by atoms with Gasteiger partial charge >= 0.3 is 6.09 Å². The number of benzene rings is 1. The zero-order valence-corrected chi connectivity index (χ0v) is 20.2. The average Bonchev–Trinajstić information content (AvgIpc) is 3.43. The normalized spacial score (nSPS) is 16.5. The molecule has 5 rings (SSSR count). The van der Waals surface area contributed by atoms with Crippen LogP contribution in [0.25, 0.3) is 26.0 Å². The van der Waals surface area contributed by atoms with Crippen LogP contribution in [-0.2, 0) is 4.74 Å². The first-order valence-electron chi connectivity index (χ1n) is 11.3. The molecular weight excluding hydrogens is 448 g/mol. The number of aromatic nitrogens is 3. The standard InChI is InChI=1S/C25H26N6O2S/c1-25(2,3)33-24(32)30-10-6-8-18(15-30)29-23-19-11-21(34-22(19)17(12-26)13-27-23)31-20-9-5-4-7-16(20)14-28-31/h4-5,7,9,11,13-14,18H,6,8,10,15H2,1-3H3,(H,27,29)/t18-/m0/s1. The van der Waals surface area contributed by atoms with Gasteiger partial charge in [-0.05, 0) is 45.7 Å². The molecule has 1 aliphatic heterocycles. The largest absolute Gasteiger partial charge is 0.444 e. The first-order chi connectivity index (χ1) is 16.3. The van der Waals surface area contributed by atoms with Crippen LogP contribution in [0.1, 0.15) is 39.2 Å². The van der Waals surface area contributed by atoms with Gasteiger partial charge in [0.2, 0.25) is 0 Å². The number of pyridine rings is 1. The van der Waals surface area contributed by atoms with Gasteiger partial charge in [0.25, 0.3) is 0 Å². The fraction of sp³-hybridized carbons (Fsp3) is 0.360. The molecule has 9 heteroatoms. The Hall–Kier alpha value is -3.64. The Morgan fingerprint density at radius 2 is 2.12 bits per heavy atom. The second-order valence-corrected chi connectivity index (χ2v) is 10.5. The summed E-state index contributed by atoms with van der Waals surface area (Å²) in [5.41, 5.74) is 1.02. The second-order valence-electron chi connectivity index (χ2n) is 9.48. The van der Waals surface area contributed by atoms with Crippen LogP contribution in [0, 0.1) is 11.3 Å². The molecule has 0 bridgehead atoms. The number of piperidine rings is 1. The molecule has 0 aliphatic carbocycles. The maximum absolute atomic E-state index is 12.6. The first kappa shape index (κ1) is 22.2. The van der Waals surface area contributed by atoms with Crippen molar-refractivity contribution in [1.82, 2.24) is 19.7 Å². The van der Waals surface area contributed by atoms with Crippen LogP contribution in [0.4, 0.5) is 10.6 Å². The summed E-state index contributed by atoms with van der Waals surface area (Å²) in [6.45, 7) is 6.84. The van der Waals surface area contributed by atoms with Gasteiger partial charge in [-0.25, -0.2) is 14.5 Å². The lowest BCUT2D eigenvalue weighted by molar-refractivity contribution is 0.0206. The van der Waals surface area contributed by atoms with Crippen molar-refractivity contribution in [2.75, 3.05) is 18.4 Å². The lowest BCUT2D eigenvalue weighted by atomic mass is 10.1. The van der Waals surface area contributed by atoms with Gasteiger partial charge in [0.15, 0.2) is 0 Å². The molecule has 174 valence electrons. The summed E-state index contributed by atoms with van der Waals surface area (Å²) in [4.78, 5) is 18.9. The van der Waals surface area contributed by atoms with E-state index >= 15 is 0 Å². The third-order valence-electron chi connectivity index (χ3n) is 5.76. The lowest BCUT2D eigenvalue weighted by Crippen LogP contribution is -2.47. The number of ether oxygens (including phenoxy) is 1. The smallest absolute Gasteiger partial charge is 0.410 e. The van der Waals surface area contributed by atoms with Crippen molar-refractivity contribution >= 4 is 44.2 Å². The minimum atomic E-state index is -0.526. The number of likely N-dealkylation sites (tertiary alicyclic amines) is 1. The Morgan fingerprint density at radius 3 is 2.91 bits per heavy atom. The number of carbonyl (C=O) groups excluding carboxylic acids is 1. The molecule has 1 aromatic carbocycles. The molecular formula is C25H26N6O2S. The van der Waals surface area contributed by atoms with Crippen molar-refractivity contribution < 1.29 is 9.53 Å². The number of anilines is 1. The predicted molar refractivity (Wildman–Crippen MR) is 133 cm³/mol. The van der Waals surface area contributed by atoms with E-state index in [2.05, 4.69) is 21.5 Å². The number of hydrogen-bond acceptors (Lipinski definition) is 7. The van der Waals surface area contributed by atoms with Crippen molar-refractivity contribution in [1.29, 1.82) is 5.26 Å². The zero-order chi connectivity index (χ0) is 23.9. The number of fused-ring (bicyclic) bond motifs is 2. The fourth-order valence-corrected chi connectivity index (χ4v) is 5.33. The van der Waals surface area contributed by atoms with Crippen LogP contribution in [-0.4, -0.2) is 50.5 Å². The highest BCUT2D eigenvalue weighted by molar-refractivity contribution is 7.21. The van der Waals surface area contributed by atoms with Gasteiger partial charge in [0.05, 0.1) is 22.0 Å². The van der Waals surface area contributed by atoms with Gasteiger partial charge in [0, 0.05) is 36.1 Å². The molecule has 0 unspecified atom stereocenters. The molecule has 4 heterocycles. The van der Waals surface area contributed by atoms with E-state index in [9.17, 15) is 10.1 Å². The zero-order valence-electron chi connectivity index (χ0n) is 19.4. The van der Waals surface area contributed by atoms with Gasteiger partial charge in [-0.1, -0.05) is 18.2 Å². The summed E-state index contributed by atoms with van der Waals surface area (Å²) >= 11 is 1.52. The van der Waals surface area contributed by atoms with E-state index in [1.807, 2.05) is 62.0 Å². The number of para-hydroxylation sites is 1. The van der Waals surface area contributed by atoms with E-state index in [1.165, 1.54) is 11.3 Å². The van der Waals surface area contributed by atoms with E-state index in [0.717, 1.165) is 38.8 Å². The maximum Gasteiger partial charge on any atom is 0.410 e. The number of carbonyl (C=O) groups is 1. The van der Waals surface area contributed by atoms with Crippen LogP contribution in [0.5, 0.6) is 0 Å². The summed E-state index contributed by atoms with van der Waals surface area (Å²) in [5, 5.41) is 20.6. The Bertz CT molecular complexity index is 1410. The van der Waals surface area contributed by atoms with Crippen LogP contribution in [0.3, 0.4) is 0 Å². The quantitative estimate of drug-likeness (QED) is 0.432. The minimum Gasteiger partial charge on any atom is -0.444 e. The van der Waals surface area contributed by atoms with E-state index in [1.54, 1.807) is 11.1 Å². The lowest BCUT2D eigenvalue weighted by Gasteiger charge is -2.34. The topological polar surface area (TPSA) is 96.1 Å². The first-order valence-corrected chi connectivity index (χ1v) is 12.1. The van der Waals surface area contributed by atoms with Crippen LogP contribution < -0.4 is 5.32 Å². The molecule has 0 saturated carbocycles. The van der Waals surface area contributed by atoms with Crippen molar-refractivity contribution in [3.63, 3.8) is 0 Å². The molecule has 1 aliphatic rings. The summed E-state index contributed by atoms with van der Waals surface area (Å²) in [7, 11) is 0. The van der Waals surface area contributed by atoms with E-state index < -0.39 is 5.60 Å². The summed E-state index contributed by atoms with van der Waals surface area (Å²) in [6.07, 6.45) is 4.96. The van der Waals surface area contributed by atoms with E-state index in [-0.39, 0.29) is 12.1 Å². The third-order valence-corrected chi connectivity index (χ3v) is 6.91. The summed E-state index contributed by atoms with van der Waals surface area (Å²) in [6, 6.07) is 12.4. The monoisotopic (exact) mass is 474 g/mol. The Kier molecular flexibility index (Phi) is 5.62. The van der Waals surface area contributed by atoms with Gasteiger partial charge in [-0.3, -0.25) is 0 Å². The van der Waals surface area contributed by atoms with E-state index in [4.69, 9.17) is 4.74 Å². The van der Waals surface area contributed by atoms with Crippen LogP contribution >= 0.6 is 11.3 Å². The summed E-state index contributed by atoms with van der Waals surface area (Å²) < 4.78 is 8.32. The molecule has 8 nitrogen and oxygen atoms in total. The van der Waals surface area contributed by atoms with Crippen molar-refractivity contribution in [3.8, 4) is 11.1 Å². The van der Waals surface area contributed by atoms with Crippen LogP contribution in [0.15, 0.2) is 42.7 Å². The maximum atomic E-state index is 12.6. The highest BCUT2D eigenvalue weighted by Gasteiger charge is 2.28. The van der Waals surface area contributed by atoms with Crippen molar-refractivity contribution in [3.05, 3.63) is 48.3 Å². The number of hydrogen-bond donors (Lipinski definition) is 1. The molecule has 1 N–H and O–H groups in total. The fourth-order valence-electron chi connectivity index (χ4n) is 4.24. The molecule has 1 saturated heterocycles. The molecule has 0 spiro atoms. The number of amides is 1. The van der Waals surface area contributed by atoms with Crippen molar-refractivity contribution in [2.45, 2.75) is 45.3 Å². The Labute approximate surface area is 201 Å². The predicted octanol–water partition coefficient (Wildman–Crippen LogP) is 5.32. The molecule has 4 aromatic rings. The molecule has 1 atom stereocenters. The summed E-state index contributed by atoms with van der Waals surface area (Å²) in [5.74, 6) is 0.712. The molecule has 1 amide bonds. The number of rotatable bonds is 3. The highest BCUT2D eigenvalue weighted by atomic mass is 32.1. The number of thiophene rings is 1. The number of nitrogens with zero attached hydrogens (tertiary/aromatic N) is 5. The van der Waals surface area contributed by atoms with Gasteiger partial charge in [-0.15, -0.1) is 11.3 Å².